The summed E-state index contributed by atoms with van der Waals surface area (Å²) < 4.78 is 26.6. The second-order valence-electron chi connectivity index (χ2n) is 5.33. The molecule has 6 heteroatoms. The SMILES string of the molecule is CCC1CN(C)CCCN1S(=O)(=O)CC(C)CCl. The predicted octanol–water partition coefficient (Wildman–Crippen LogP) is 1.61. The Kier molecular flexibility index (Phi) is 6.38. The molecule has 1 heterocycles. The molecule has 0 radical (unpaired) electrons. The lowest BCUT2D eigenvalue weighted by Gasteiger charge is -2.30. The van der Waals surface area contributed by atoms with Crippen molar-refractivity contribution in [2.45, 2.75) is 32.7 Å². The van der Waals surface area contributed by atoms with Crippen molar-refractivity contribution in [2.24, 2.45) is 5.92 Å². The number of nitrogens with zero attached hydrogens (tertiary/aromatic N) is 2. The fourth-order valence-corrected chi connectivity index (χ4v) is 4.76. The van der Waals surface area contributed by atoms with Gasteiger partial charge in [0, 0.05) is 25.0 Å². The van der Waals surface area contributed by atoms with Gasteiger partial charge in [-0.3, -0.25) is 0 Å². The summed E-state index contributed by atoms with van der Waals surface area (Å²) in [5.74, 6) is 0.565. The fraction of sp³-hybridized carbons (Fsp3) is 1.00. The van der Waals surface area contributed by atoms with E-state index in [0.717, 1.165) is 25.9 Å². The van der Waals surface area contributed by atoms with Crippen molar-refractivity contribution in [3.8, 4) is 0 Å². The predicted molar refractivity (Wildman–Crippen MR) is 76.6 cm³/mol. The molecule has 18 heavy (non-hydrogen) atoms. The summed E-state index contributed by atoms with van der Waals surface area (Å²) in [4.78, 5) is 2.22. The number of hydrogen-bond donors (Lipinski definition) is 0. The molecule has 1 saturated heterocycles. The molecule has 4 nitrogen and oxygen atoms in total. The highest BCUT2D eigenvalue weighted by Gasteiger charge is 2.32. The van der Waals surface area contributed by atoms with Crippen molar-refractivity contribution in [2.75, 3.05) is 38.3 Å². The van der Waals surface area contributed by atoms with Gasteiger partial charge in [0.05, 0.1) is 5.75 Å². The molecule has 0 N–H and O–H groups in total. The summed E-state index contributed by atoms with van der Waals surface area (Å²) in [5, 5.41) is 0. The maximum atomic E-state index is 12.4. The number of likely N-dealkylation sites (N-methyl/N-ethyl adjacent to an activating group) is 1. The number of halogens is 1. The minimum atomic E-state index is -3.18. The van der Waals surface area contributed by atoms with Crippen LogP contribution in [0.5, 0.6) is 0 Å². The Morgan fingerprint density at radius 2 is 2.06 bits per heavy atom. The zero-order chi connectivity index (χ0) is 13.8. The van der Waals surface area contributed by atoms with Crippen molar-refractivity contribution < 1.29 is 8.42 Å². The van der Waals surface area contributed by atoms with E-state index in [9.17, 15) is 8.42 Å². The van der Waals surface area contributed by atoms with Gasteiger partial charge in [0.25, 0.3) is 0 Å². The first-order valence-electron chi connectivity index (χ1n) is 6.64. The lowest BCUT2D eigenvalue weighted by Crippen LogP contribution is -2.45. The van der Waals surface area contributed by atoms with Crippen LogP contribution in [0.25, 0.3) is 0 Å². The van der Waals surface area contributed by atoms with Crippen LogP contribution in [0.4, 0.5) is 0 Å². The van der Waals surface area contributed by atoms with Crippen LogP contribution in [0.2, 0.25) is 0 Å². The minimum absolute atomic E-state index is 0.00940. The maximum Gasteiger partial charge on any atom is 0.214 e. The Morgan fingerprint density at radius 1 is 1.39 bits per heavy atom. The van der Waals surface area contributed by atoms with Crippen LogP contribution in [-0.2, 0) is 10.0 Å². The van der Waals surface area contributed by atoms with Gasteiger partial charge >= 0.3 is 0 Å². The van der Waals surface area contributed by atoms with Crippen molar-refractivity contribution in [1.82, 2.24) is 9.21 Å². The van der Waals surface area contributed by atoms with Crippen LogP contribution < -0.4 is 0 Å². The molecule has 0 aromatic rings. The van der Waals surface area contributed by atoms with Crippen molar-refractivity contribution >= 4 is 21.6 Å². The maximum absolute atomic E-state index is 12.4. The topological polar surface area (TPSA) is 40.6 Å². The van der Waals surface area contributed by atoms with Gasteiger partial charge in [0.2, 0.25) is 10.0 Å². The van der Waals surface area contributed by atoms with Crippen LogP contribution in [0.15, 0.2) is 0 Å². The van der Waals surface area contributed by atoms with Crippen molar-refractivity contribution in [3.63, 3.8) is 0 Å². The van der Waals surface area contributed by atoms with E-state index >= 15 is 0 Å². The third-order valence-corrected chi connectivity index (χ3v) is 6.15. The molecule has 0 aromatic heterocycles. The molecule has 0 saturated carbocycles. The Labute approximate surface area is 116 Å². The smallest absolute Gasteiger partial charge is 0.214 e. The molecule has 1 aliphatic heterocycles. The van der Waals surface area contributed by atoms with Crippen LogP contribution in [0.3, 0.4) is 0 Å². The molecule has 0 amide bonds. The van der Waals surface area contributed by atoms with Gasteiger partial charge in [-0.05, 0) is 32.4 Å². The van der Waals surface area contributed by atoms with Crippen molar-refractivity contribution in [1.29, 1.82) is 0 Å². The zero-order valence-electron chi connectivity index (χ0n) is 11.6. The standard InChI is InChI=1S/C12H25ClN2O2S/c1-4-12-9-14(3)6-5-7-15(12)18(16,17)10-11(2)8-13/h11-12H,4-10H2,1-3H3. The Morgan fingerprint density at radius 3 is 2.61 bits per heavy atom. The van der Waals surface area contributed by atoms with Gasteiger partial charge in [-0.15, -0.1) is 11.6 Å². The van der Waals surface area contributed by atoms with Gasteiger partial charge in [0.15, 0.2) is 0 Å². The molecule has 0 aromatic carbocycles. The molecule has 1 rings (SSSR count). The van der Waals surface area contributed by atoms with Crippen molar-refractivity contribution in [3.05, 3.63) is 0 Å². The third kappa shape index (κ3) is 4.37. The summed E-state index contributed by atoms with van der Waals surface area (Å²) in [6, 6.07) is 0.102. The van der Waals surface area contributed by atoms with Gasteiger partial charge in [-0.1, -0.05) is 13.8 Å². The lowest BCUT2D eigenvalue weighted by molar-refractivity contribution is 0.270. The number of sulfonamides is 1. The van der Waals surface area contributed by atoms with Gasteiger partial charge < -0.3 is 4.90 Å². The summed E-state index contributed by atoms with van der Waals surface area (Å²) in [5.41, 5.74) is 0. The highest BCUT2D eigenvalue weighted by Crippen LogP contribution is 2.18. The monoisotopic (exact) mass is 296 g/mol. The first-order valence-corrected chi connectivity index (χ1v) is 8.79. The molecule has 1 aliphatic rings. The number of rotatable bonds is 5. The normalized spacial score (nSPS) is 25.9. The summed E-state index contributed by atoms with van der Waals surface area (Å²) in [6.07, 6.45) is 1.76. The zero-order valence-corrected chi connectivity index (χ0v) is 13.2. The molecular formula is C12H25ClN2O2S. The van der Waals surface area contributed by atoms with E-state index in [0.29, 0.717) is 12.4 Å². The van der Waals surface area contributed by atoms with Gasteiger partial charge in [0.1, 0.15) is 0 Å². The Hall–Kier alpha value is 0.160. The van der Waals surface area contributed by atoms with E-state index in [1.807, 2.05) is 6.92 Å². The van der Waals surface area contributed by atoms with E-state index in [1.165, 1.54) is 0 Å². The molecule has 2 unspecified atom stereocenters. The molecule has 108 valence electrons. The lowest BCUT2D eigenvalue weighted by atomic mass is 10.2. The highest BCUT2D eigenvalue weighted by atomic mass is 35.5. The molecule has 1 fully saturated rings. The van der Waals surface area contributed by atoms with E-state index in [-0.39, 0.29) is 17.7 Å². The quantitative estimate of drug-likeness (QED) is 0.724. The Balaban J connectivity index is 2.83. The second-order valence-corrected chi connectivity index (χ2v) is 7.60. The Bertz CT molecular complexity index is 348. The van der Waals surface area contributed by atoms with Crippen LogP contribution in [-0.4, -0.2) is 62.0 Å². The third-order valence-electron chi connectivity index (χ3n) is 3.44. The summed E-state index contributed by atoms with van der Waals surface area (Å²) in [6.45, 7) is 6.37. The fourth-order valence-electron chi connectivity index (χ4n) is 2.42. The second kappa shape index (κ2) is 7.08. The minimum Gasteiger partial charge on any atom is -0.305 e. The molecule has 2 atom stereocenters. The average molecular weight is 297 g/mol. The van der Waals surface area contributed by atoms with E-state index < -0.39 is 10.0 Å². The van der Waals surface area contributed by atoms with Crippen LogP contribution in [0.1, 0.15) is 26.7 Å². The summed E-state index contributed by atoms with van der Waals surface area (Å²) in [7, 11) is -1.12. The number of alkyl halides is 1. The van der Waals surface area contributed by atoms with Crippen LogP contribution in [0, 0.1) is 5.92 Å². The number of hydrogen-bond acceptors (Lipinski definition) is 3. The average Bonchev–Trinajstić information content (AvgIpc) is 2.50. The first kappa shape index (κ1) is 16.2. The summed E-state index contributed by atoms with van der Waals surface area (Å²) >= 11 is 5.73. The molecule has 0 bridgehead atoms. The first-order chi connectivity index (χ1) is 8.40. The van der Waals surface area contributed by atoms with E-state index in [4.69, 9.17) is 11.6 Å². The highest BCUT2D eigenvalue weighted by molar-refractivity contribution is 7.89. The van der Waals surface area contributed by atoms with E-state index in [1.54, 1.807) is 4.31 Å². The molecule has 0 spiro atoms. The van der Waals surface area contributed by atoms with Gasteiger partial charge in [-0.2, -0.15) is 4.31 Å². The largest absolute Gasteiger partial charge is 0.305 e. The molecule has 0 aliphatic carbocycles. The van der Waals surface area contributed by atoms with Crippen LogP contribution >= 0.6 is 11.6 Å². The van der Waals surface area contributed by atoms with Gasteiger partial charge in [-0.25, -0.2) is 8.42 Å². The molecular weight excluding hydrogens is 272 g/mol. The van der Waals surface area contributed by atoms with E-state index in [2.05, 4.69) is 18.9 Å².